The minimum atomic E-state index is -0.00235. The van der Waals surface area contributed by atoms with Crippen molar-refractivity contribution in [1.29, 1.82) is 0 Å². The van der Waals surface area contributed by atoms with Crippen LogP contribution in [-0.4, -0.2) is 67.4 Å². The second-order valence-electron chi connectivity index (χ2n) is 6.56. The van der Waals surface area contributed by atoms with Crippen molar-refractivity contribution in [1.82, 2.24) is 15.1 Å². The van der Waals surface area contributed by atoms with Crippen LogP contribution in [-0.2, 0) is 9.59 Å². The number of carbonyl (C=O) groups excluding carboxylic acids is 2. The summed E-state index contributed by atoms with van der Waals surface area (Å²) in [5.74, 6) is 0.403. The van der Waals surface area contributed by atoms with Crippen molar-refractivity contribution in [2.24, 2.45) is 5.92 Å². The van der Waals surface area contributed by atoms with Crippen LogP contribution in [0, 0.1) is 5.92 Å². The number of benzene rings is 1. The molecule has 0 aromatic heterocycles. The monoisotopic (exact) mass is 330 g/mol. The summed E-state index contributed by atoms with van der Waals surface area (Å²) in [6, 6.07) is 9.49. The van der Waals surface area contributed by atoms with Gasteiger partial charge < -0.3 is 15.5 Å². The van der Waals surface area contributed by atoms with E-state index in [1.54, 1.807) is 0 Å². The molecule has 2 aliphatic heterocycles. The first-order chi connectivity index (χ1) is 11.7. The third kappa shape index (κ3) is 4.55. The first-order valence-corrected chi connectivity index (χ1v) is 8.79. The van der Waals surface area contributed by atoms with Crippen LogP contribution < -0.4 is 10.6 Å². The summed E-state index contributed by atoms with van der Waals surface area (Å²) in [5, 5.41) is 6.21. The van der Waals surface area contributed by atoms with Gasteiger partial charge in [0, 0.05) is 38.4 Å². The predicted molar refractivity (Wildman–Crippen MR) is 93.7 cm³/mol. The maximum atomic E-state index is 12.5. The van der Waals surface area contributed by atoms with Crippen LogP contribution in [0.15, 0.2) is 30.3 Å². The maximum absolute atomic E-state index is 12.5. The molecule has 2 aliphatic rings. The lowest BCUT2D eigenvalue weighted by Gasteiger charge is -2.36. The predicted octanol–water partition coefficient (Wildman–Crippen LogP) is 0.769. The first-order valence-electron chi connectivity index (χ1n) is 8.79. The fourth-order valence-corrected chi connectivity index (χ4v) is 3.37. The lowest BCUT2D eigenvalue weighted by molar-refractivity contribution is -0.137. The summed E-state index contributed by atoms with van der Waals surface area (Å²) in [6.07, 6.45) is 2.07. The number of nitrogens with zero attached hydrogens (tertiary/aromatic N) is 2. The number of hydrogen-bond acceptors (Lipinski definition) is 4. The van der Waals surface area contributed by atoms with E-state index in [2.05, 4.69) is 15.5 Å². The van der Waals surface area contributed by atoms with E-state index >= 15 is 0 Å². The number of piperidine rings is 1. The van der Waals surface area contributed by atoms with Crippen molar-refractivity contribution in [3.8, 4) is 0 Å². The SMILES string of the molecule is O=C(CN1CCN(C(=O)C2CCCNC2)CC1)Nc1ccccc1. The van der Waals surface area contributed by atoms with Crippen LogP contribution >= 0.6 is 0 Å². The highest BCUT2D eigenvalue weighted by atomic mass is 16.2. The zero-order chi connectivity index (χ0) is 16.8. The molecule has 2 saturated heterocycles. The number of nitrogens with one attached hydrogen (secondary N) is 2. The molecular weight excluding hydrogens is 304 g/mol. The summed E-state index contributed by atoms with van der Waals surface area (Å²) in [6.45, 7) is 5.15. The van der Waals surface area contributed by atoms with Gasteiger partial charge in [0.05, 0.1) is 12.5 Å². The lowest BCUT2D eigenvalue weighted by atomic mass is 9.98. The van der Waals surface area contributed by atoms with Gasteiger partial charge >= 0.3 is 0 Å². The Morgan fingerprint density at radius 2 is 1.88 bits per heavy atom. The molecule has 1 aromatic carbocycles. The summed E-state index contributed by atoms with van der Waals surface area (Å²) in [7, 11) is 0. The minimum Gasteiger partial charge on any atom is -0.340 e. The topological polar surface area (TPSA) is 64.7 Å². The molecule has 24 heavy (non-hydrogen) atoms. The smallest absolute Gasteiger partial charge is 0.238 e. The average Bonchev–Trinajstić information content (AvgIpc) is 2.63. The molecule has 0 bridgehead atoms. The van der Waals surface area contributed by atoms with E-state index in [9.17, 15) is 9.59 Å². The summed E-state index contributed by atoms with van der Waals surface area (Å²) in [4.78, 5) is 28.7. The van der Waals surface area contributed by atoms with E-state index in [0.29, 0.717) is 19.6 Å². The van der Waals surface area contributed by atoms with Gasteiger partial charge in [-0.1, -0.05) is 18.2 Å². The first kappa shape index (κ1) is 16.9. The van der Waals surface area contributed by atoms with Gasteiger partial charge in [-0.2, -0.15) is 0 Å². The van der Waals surface area contributed by atoms with E-state index in [4.69, 9.17) is 0 Å². The Hall–Kier alpha value is -1.92. The van der Waals surface area contributed by atoms with Crippen molar-refractivity contribution >= 4 is 17.5 Å². The van der Waals surface area contributed by atoms with Gasteiger partial charge in [-0.3, -0.25) is 14.5 Å². The molecule has 6 heteroatoms. The van der Waals surface area contributed by atoms with E-state index in [1.165, 1.54) is 0 Å². The van der Waals surface area contributed by atoms with Crippen LogP contribution in [0.4, 0.5) is 5.69 Å². The Morgan fingerprint density at radius 1 is 1.12 bits per heavy atom. The highest BCUT2D eigenvalue weighted by molar-refractivity contribution is 5.92. The normalized spacial score (nSPS) is 22.2. The Labute approximate surface area is 143 Å². The van der Waals surface area contributed by atoms with Gasteiger partial charge in [0.15, 0.2) is 0 Å². The Morgan fingerprint density at radius 3 is 2.54 bits per heavy atom. The molecule has 1 aromatic rings. The molecule has 0 radical (unpaired) electrons. The van der Waals surface area contributed by atoms with Crippen LogP contribution in [0.2, 0.25) is 0 Å². The number of carbonyl (C=O) groups is 2. The van der Waals surface area contributed by atoms with E-state index in [-0.39, 0.29) is 17.7 Å². The number of para-hydroxylation sites is 1. The van der Waals surface area contributed by atoms with Crippen LogP contribution in [0.5, 0.6) is 0 Å². The van der Waals surface area contributed by atoms with E-state index in [0.717, 1.165) is 44.7 Å². The molecule has 6 nitrogen and oxygen atoms in total. The lowest BCUT2D eigenvalue weighted by Crippen LogP contribution is -2.53. The second kappa shape index (κ2) is 8.26. The highest BCUT2D eigenvalue weighted by Crippen LogP contribution is 2.15. The summed E-state index contributed by atoms with van der Waals surface area (Å²) >= 11 is 0. The second-order valence-corrected chi connectivity index (χ2v) is 6.56. The Balaban J connectivity index is 1.41. The van der Waals surface area contributed by atoms with Crippen LogP contribution in [0.25, 0.3) is 0 Å². The molecule has 2 amide bonds. The molecule has 2 heterocycles. The number of hydrogen-bond donors (Lipinski definition) is 2. The molecule has 0 aliphatic carbocycles. The molecule has 2 fully saturated rings. The van der Waals surface area contributed by atoms with Gasteiger partial charge in [-0.05, 0) is 31.5 Å². The van der Waals surface area contributed by atoms with Crippen molar-refractivity contribution in [3.05, 3.63) is 30.3 Å². The number of piperazine rings is 1. The van der Waals surface area contributed by atoms with E-state index < -0.39 is 0 Å². The fraction of sp³-hybridized carbons (Fsp3) is 0.556. The molecule has 2 N–H and O–H groups in total. The quantitative estimate of drug-likeness (QED) is 0.856. The highest BCUT2D eigenvalue weighted by Gasteiger charge is 2.28. The summed E-state index contributed by atoms with van der Waals surface area (Å²) < 4.78 is 0. The number of amides is 2. The van der Waals surface area contributed by atoms with Crippen molar-refractivity contribution < 1.29 is 9.59 Å². The third-order valence-electron chi connectivity index (χ3n) is 4.75. The molecule has 1 unspecified atom stereocenters. The van der Waals surface area contributed by atoms with Crippen molar-refractivity contribution in [2.75, 3.05) is 51.1 Å². The molecular formula is C18H26N4O2. The Bertz CT molecular complexity index is 549. The third-order valence-corrected chi connectivity index (χ3v) is 4.75. The molecule has 0 saturated carbocycles. The van der Waals surface area contributed by atoms with Crippen molar-refractivity contribution in [3.63, 3.8) is 0 Å². The van der Waals surface area contributed by atoms with Crippen molar-refractivity contribution in [2.45, 2.75) is 12.8 Å². The number of rotatable bonds is 4. The van der Waals surface area contributed by atoms with Crippen LogP contribution in [0.3, 0.4) is 0 Å². The standard InChI is InChI=1S/C18H26N4O2/c23-17(20-16-6-2-1-3-7-16)14-21-9-11-22(12-10-21)18(24)15-5-4-8-19-13-15/h1-3,6-7,15,19H,4-5,8-14H2,(H,20,23). The molecule has 0 spiro atoms. The fourth-order valence-electron chi connectivity index (χ4n) is 3.37. The van der Waals surface area contributed by atoms with Gasteiger partial charge in [-0.15, -0.1) is 0 Å². The number of anilines is 1. The molecule has 3 rings (SSSR count). The van der Waals surface area contributed by atoms with Crippen LogP contribution in [0.1, 0.15) is 12.8 Å². The van der Waals surface area contributed by atoms with E-state index in [1.807, 2.05) is 35.2 Å². The zero-order valence-corrected chi connectivity index (χ0v) is 14.0. The maximum Gasteiger partial charge on any atom is 0.238 e. The summed E-state index contributed by atoms with van der Waals surface area (Å²) in [5.41, 5.74) is 0.820. The minimum absolute atomic E-state index is 0.00235. The zero-order valence-electron chi connectivity index (χ0n) is 14.0. The van der Waals surface area contributed by atoms with Gasteiger partial charge in [0.25, 0.3) is 0 Å². The van der Waals surface area contributed by atoms with Gasteiger partial charge in [0.1, 0.15) is 0 Å². The van der Waals surface area contributed by atoms with Gasteiger partial charge in [-0.25, -0.2) is 0 Å². The molecule has 1 atom stereocenters. The molecule has 130 valence electrons. The average molecular weight is 330 g/mol. The largest absolute Gasteiger partial charge is 0.340 e. The van der Waals surface area contributed by atoms with Gasteiger partial charge in [0.2, 0.25) is 11.8 Å². The Kier molecular flexibility index (Phi) is 5.82.